The van der Waals surface area contributed by atoms with Gasteiger partial charge in [-0.15, -0.1) is 0 Å². The van der Waals surface area contributed by atoms with Crippen molar-refractivity contribution in [3.63, 3.8) is 0 Å². The van der Waals surface area contributed by atoms with Gasteiger partial charge in [-0.25, -0.2) is 9.59 Å². The fourth-order valence-corrected chi connectivity index (χ4v) is 2.22. The Balaban J connectivity index is 1.84. The molecular weight excluding hydrogens is 336 g/mol. The van der Waals surface area contributed by atoms with Gasteiger partial charge < -0.3 is 18.9 Å². The molecule has 0 aliphatic carbocycles. The third-order valence-electron chi connectivity index (χ3n) is 3.52. The van der Waals surface area contributed by atoms with Crippen LogP contribution in [0.15, 0.2) is 42.5 Å². The molecule has 0 saturated heterocycles. The van der Waals surface area contributed by atoms with Crippen LogP contribution >= 0.6 is 0 Å². The maximum Gasteiger partial charge on any atom is 0.349 e. The van der Waals surface area contributed by atoms with E-state index in [2.05, 4.69) is 0 Å². The van der Waals surface area contributed by atoms with Crippen LogP contribution < -0.4 is 9.47 Å². The van der Waals surface area contributed by atoms with Crippen LogP contribution in [0.1, 0.15) is 21.5 Å². The van der Waals surface area contributed by atoms with Crippen LogP contribution in [0.2, 0.25) is 0 Å². The summed E-state index contributed by atoms with van der Waals surface area (Å²) in [6, 6.07) is 11.8. The molecule has 0 aliphatic heterocycles. The minimum atomic E-state index is -0.527. The predicted molar refractivity (Wildman–Crippen MR) is 95.6 cm³/mol. The van der Waals surface area contributed by atoms with Crippen LogP contribution in [0, 0.1) is 13.8 Å². The van der Waals surface area contributed by atoms with E-state index in [1.807, 2.05) is 32.0 Å². The molecule has 0 heterocycles. The van der Waals surface area contributed by atoms with Gasteiger partial charge in [-0.1, -0.05) is 17.7 Å². The minimum Gasteiger partial charge on any atom is -0.482 e. The maximum absolute atomic E-state index is 11.9. The number of hydrogen-bond donors (Lipinski definition) is 0. The SMILES string of the molecule is COCCOC(=O)c1ccc(OC(=O)COc2ccc(C)cc2C)cc1. The van der Waals surface area contributed by atoms with Gasteiger partial charge >= 0.3 is 11.9 Å². The quantitative estimate of drug-likeness (QED) is 0.410. The number of benzene rings is 2. The van der Waals surface area contributed by atoms with Crippen molar-refractivity contribution in [3.05, 3.63) is 59.2 Å². The van der Waals surface area contributed by atoms with Gasteiger partial charge in [0.1, 0.15) is 18.1 Å². The highest BCUT2D eigenvalue weighted by Crippen LogP contribution is 2.19. The normalized spacial score (nSPS) is 10.3. The summed E-state index contributed by atoms with van der Waals surface area (Å²) < 4.78 is 20.5. The fraction of sp³-hybridized carbons (Fsp3) is 0.300. The van der Waals surface area contributed by atoms with Crippen LogP contribution in [-0.4, -0.2) is 38.9 Å². The highest BCUT2D eigenvalue weighted by molar-refractivity contribution is 5.89. The van der Waals surface area contributed by atoms with E-state index in [-0.39, 0.29) is 13.2 Å². The lowest BCUT2D eigenvalue weighted by Gasteiger charge is -2.10. The molecule has 0 saturated carbocycles. The second-order valence-electron chi connectivity index (χ2n) is 5.68. The second kappa shape index (κ2) is 9.58. The molecular formula is C20H22O6. The molecule has 0 unspecified atom stereocenters. The van der Waals surface area contributed by atoms with Crippen LogP contribution in [0.4, 0.5) is 0 Å². The molecule has 0 aromatic heterocycles. The Hall–Kier alpha value is -2.86. The minimum absolute atomic E-state index is 0.182. The molecule has 2 aromatic carbocycles. The van der Waals surface area contributed by atoms with Crippen LogP contribution in [0.3, 0.4) is 0 Å². The molecule has 0 radical (unpaired) electrons. The number of ether oxygens (including phenoxy) is 4. The van der Waals surface area contributed by atoms with E-state index in [0.717, 1.165) is 11.1 Å². The molecule has 2 aromatic rings. The van der Waals surface area contributed by atoms with Crippen molar-refractivity contribution in [2.75, 3.05) is 26.9 Å². The lowest BCUT2D eigenvalue weighted by molar-refractivity contribution is -0.136. The molecule has 6 heteroatoms. The van der Waals surface area contributed by atoms with Crippen molar-refractivity contribution >= 4 is 11.9 Å². The van der Waals surface area contributed by atoms with Gasteiger partial charge in [-0.2, -0.15) is 0 Å². The van der Waals surface area contributed by atoms with Crippen LogP contribution in [-0.2, 0) is 14.3 Å². The third-order valence-corrected chi connectivity index (χ3v) is 3.52. The molecule has 0 fully saturated rings. The molecule has 2 rings (SSSR count). The first kappa shape index (κ1) is 19.5. The molecule has 6 nitrogen and oxygen atoms in total. The third kappa shape index (κ3) is 5.89. The van der Waals surface area contributed by atoms with Crippen molar-refractivity contribution in [3.8, 4) is 11.5 Å². The van der Waals surface area contributed by atoms with E-state index in [4.69, 9.17) is 18.9 Å². The number of rotatable bonds is 8. The van der Waals surface area contributed by atoms with E-state index < -0.39 is 11.9 Å². The summed E-state index contributed by atoms with van der Waals surface area (Å²) in [5, 5.41) is 0. The van der Waals surface area contributed by atoms with Gasteiger partial charge in [-0.05, 0) is 49.7 Å². The Morgan fingerprint density at radius 1 is 0.962 bits per heavy atom. The monoisotopic (exact) mass is 358 g/mol. The molecule has 0 aliphatic rings. The zero-order valence-corrected chi connectivity index (χ0v) is 15.1. The fourth-order valence-electron chi connectivity index (χ4n) is 2.22. The molecule has 0 amide bonds. The number of carbonyl (C=O) groups is 2. The van der Waals surface area contributed by atoms with E-state index in [1.165, 1.54) is 31.4 Å². The molecule has 26 heavy (non-hydrogen) atoms. The van der Waals surface area contributed by atoms with Gasteiger partial charge in [-0.3, -0.25) is 0 Å². The zero-order valence-electron chi connectivity index (χ0n) is 15.1. The summed E-state index contributed by atoms with van der Waals surface area (Å²) in [5.74, 6) is -0.0205. The zero-order chi connectivity index (χ0) is 18.9. The first-order valence-electron chi connectivity index (χ1n) is 8.16. The van der Waals surface area contributed by atoms with E-state index in [1.54, 1.807) is 0 Å². The first-order chi connectivity index (χ1) is 12.5. The van der Waals surface area contributed by atoms with Crippen molar-refractivity contribution < 1.29 is 28.5 Å². The summed E-state index contributed by atoms with van der Waals surface area (Å²) in [6.45, 7) is 4.22. The standard InChI is InChI=1S/C20H22O6/c1-14-4-9-18(15(2)12-14)25-13-19(21)26-17-7-5-16(6-8-17)20(22)24-11-10-23-3/h4-9,12H,10-11,13H2,1-3H3. The Labute approximate surface area is 152 Å². The van der Waals surface area contributed by atoms with Crippen molar-refractivity contribution in [1.82, 2.24) is 0 Å². The molecule has 0 atom stereocenters. The number of methoxy groups -OCH3 is 1. The first-order valence-corrected chi connectivity index (χ1v) is 8.16. The number of aryl methyl sites for hydroxylation is 2. The summed E-state index contributed by atoms with van der Waals surface area (Å²) >= 11 is 0. The average Bonchev–Trinajstić information content (AvgIpc) is 2.61. The summed E-state index contributed by atoms with van der Waals surface area (Å²) in [5.41, 5.74) is 2.44. The van der Waals surface area contributed by atoms with Gasteiger partial charge in [0.15, 0.2) is 6.61 Å². The predicted octanol–water partition coefficient (Wildman–Crippen LogP) is 3.09. The second-order valence-corrected chi connectivity index (χ2v) is 5.68. The molecule has 0 spiro atoms. The average molecular weight is 358 g/mol. The molecule has 0 bridgehead atoms. The molecule has 138 valence electrons. The van der Waals surface area contributed by atoms with Gasteiger partial charge in [0.25, 0.3) is 0 Å². The Kier molecular flexibility index (Phi) is 7.17. The Bertz CT molecular complexity index is 751. The molecule has 0 N–H and O–H groups in total. The smallest absolute Gasteiger partial charge is 0.349 e. The van der Waals surface area contributed by atoms with Crippen LogP contribution in [0.5, 0.6) is 11.5 Å². The highest BCUT2D eigenvalue weighted by Gasteiger charge is 2.10. The summed E-state index contributed by atoms with van der Waals surface area (Å²) in [6.07, 6.45) is 0. The van der Waals surface area contributed by atoms with Crippen LogP contribution in [0.25, 0.3) is 0 Å². The van der Waals surface area contributed by atoms with E-state index >= 15 is 0 Å². The van der Waals surface area contributed by atoms with E-state index in [9.17, 15) is 9.59 Å². The van der Waals surface area contributed by atoms with Crippen molar-refractivity contribution in [2.24, 2.45) is 0 Å². The van der Waals surface area contributed by atoms with Gasteiger partial charge in [0.2, 0.25) is 0 Å². The van der Waals surface area contributed by atoms with Gasteiger partial charge in [0.05, 0.1) is 12.2 Å². The Morgan fingerprint density at radius 2 is 1.69 bits per heavy atom. The van der Waals surface area contributed by atoms with Crippen molar-refractivity contribution in [2.45, 2.75) is 13.8 Å². The highest BCUT2D eigenvalue weighted by atomic mass is 16.6. The summed E-state index contributed by atoms with van der Waals surface area (Å²) in [4.78, 5) is 23.7. The summed E-state index contributed by atoms with van der Waals surface area (Å²) in [7, 11) is 1.53. The maximum atomic E-state index is 11.9. The van der Waals surface area contributed by atoms with Gasteiger partial charge in [0, 0.05) is 7.11 Å². The topological polar surface area (TPSA) is 71.1 Å². The van der Waals surface area contributed by atoms with E-state index in [0.29, 0.717) is 23.7 Å². The number of esters is 2. The number of carbonyl (C=O) groups excluding carboxylic acids is 2. The Morgan fingerprint density at radius 3 is 2.35 bits per heavy atom. The van der Waals surface area contributed by atoms with Crippen molar-refractivity contribution in [1.29, 1.82) is 0 Å². The lowest BCUT2D eigenvalue weighted by atomic mass is 10.1. The largest absolute Gasteiger partial charge is 0.482 e. The number of hydrogen-bond acceptors (Lipinski definition) is 6. The lowest BCUT2D eigenvalue weighted by Crippen LogP contribution is -2.18.